The molecule has 1 amide bonds. The Morgan fingerprint density at radius 1 is 1.04 bits per heavy atom. The van der Waals surface area contributed by atoms with Crippen LogP contribution in [0, 0.1) is 6.92 Å². The molecule has 0 bridgehead atoms. The maximum Gasteiger partial charge on any atom is 0.274 e. The van der Waals surface area contributed by atoms with E-state index in [9.17, 15) is 4.79 Å². The first kappa shape index (κ1) is 17.1. The topological polar surface area (TPSA) is 58.1 Å². The van der Waals surface area contributed by atoms with Crippen molar-refractivity contribution in [2.24, 2.45) is 0 Å². The number of anilines is 3. The van der Waals surface area contributed by atoms with E-state index in [0.717, 1.165) is 10.2 Å². The predicted octanol–water partition coefficient (Wildman–Crippen LogP) is 4.57. The molecule has 3 aromatic rings. The zero-order chi connectivity index (χ0) is 17.8. The Morgan fingerprint density at radius 2 is 1.80 bits per heavy atom. The third kappa shape index (κ3) is 4.22. The number of carbonyl (C=O) groups excluding carboxylic acids is 1. The first-order valence-corrected chi connectivity index (χ1v) is 8.53. The molecule has 1 heterocycles. The number of hydrogen-bond donors (Lipinski definition) is 1. The number of benzene rings is 2. The van der Waals surface area contributed by atoms with E-state index in [2.05, 4.69) is 31.2 Å². The van der Waals surface area contributed by atoms with Gasteiger partial charge < -0.3 is 10.2 Å². The third-order valence-electron chi connectivity index (χ3n) is 3.63. The highest BCUT2D eigenvalue weighted by Crippen LogP contribution is 2.22. The number of rotatable bonds is 4. The van der Waals surface area contributed by atoms with Gasteiger partial charge in [0.1, 0.15) is 17.3 Å². The molecule has 0 aliphatic heterocycles. The van der Waals surface area contributed by atoms with Gasteiger partial charge in [-0.3, -0.25) is 4.79 Å². The highest BCUT2D eigenvalue weighted by molar-refractivity contribution is 9.10. The van der Waals surface area contributed by atoms with Gasteiger partial charge in [0.25, 0.3) is 5.91 Å². The minimum atomic E-state index is -0.272. The van der Waals surface area contributed by atoms with E-state index >= 15 is 0 Å². The van der Waals surface area contributed by atoms with E-state index in [0.29, 0.717) is 23.0 Å². The second kappa shape index (κ2) is 7.44. The van der Waals surface area contributed by atoms with Gasteiger partial charge >= 0.3 is 0 Å². The summed E-state index contributed by atoms with van der Waals surface area (Å²) in [6.07, 6.45) is 0. The fourth-order valence-electron chi connectivity index (χ4n) is 2.39. The van der Waals surface area contributed by atoms with Gasteiger partial charge in [0.15, 0.2) is 0 Å². The highest BCUT2D eigenvalue weighted by Gasteiger charge is 2.14. The van der Waals surface area contributed by atoms with Crippen LogP contribution in [0.2, 0.25) is 0 Å². The number of nitrogens with one attached hydrogen (secondary N) is 1. The molecular formula is C19H17BrN4O. The van der Waals surface area contributed by atoms with Crippen LogP contribution in [0.5, 0.6) is 0 Å². The van der Waals surface area contributed by atoms with Gasteiger partial charge in [-0.25, -0.2) is 9.97 Å². The lowest BCUT2D eigenvalue weighted by Gasteiger charge is -2.19. The van der Waals surface area contributed by atoms with Crippen molar-refractivity contribution >= 4 is 39.0 Å². The van der Waals surface area contributed by atoms with Crippen molar-refractivity contribution in [1.29, 1.82) is 0 Å². The summed E-state index contributed by atoms with van der Waals surface area (Å²) >= 11 is 3.39. The summed E-state index contributed by atoms with van der Waals surface area (Å²) in [5, 5.41) is 2.85. The van der Waals surface area contributed by atoms with E-state index in [-0.39, 0.29) is 5.91 Å². The van der Waals surface area contributed by atoms with Gasteiger partial charge in [0.2, 0.25) is 0 Å². The molecule has 0 saturated heterocycles. The average molecular weight is 397 g/mol. The number of nitrogens with zero attached hydrogens (tertiary/aromatic N) is 3. The Bertz CT molecular complexity index is 899. The van der Waals surface area contributed by atoms with Crippen LogP contribution in [0.15, 0.2) is 65.1 Å². The maximum atomic E-state index is 12.6. The predicted molar refractivity (Wildman–Crippen MR) is 103 cm³/mol. The third-order valence-corrected chi connectivity index (χ3v) is 4.12. The standard InChI is InChI=1S/C19H17BrN4O/c1-13-21-17(19(25)23-15-8-6-7-14(20)11-15)12-18(22-13)24(2)16-9-4-3-5-10-16/h3-12H,1-2H3,(H,23,25). The minimum absolute atomic E-state index is 0.272. The van der Waals surface area contributed by atoms with Crippen molar-refractivity contribution in [3.05, 3.63) is 76.7 Å². The van der Waals surface area contributed by atoms with Crippen LogP contribution in [-0.2, 0) is 0 Å². The second-order valence-corrected chi connectivity index (χ2v) is 6.43. The summed E-state index contributed by atoms with van der Waals surface area (Å²) < 4.78 is 0.897. The van der Waals surface area contributed by atoms with E-state index in [1.54, 1.807) is 13.0 Å². The highest BCUT2D eigenvalue weighted by atomic mass is 79.9. The average Bonchev–Trinajstić information content (AvgIpc) is 2.61. The molecule has 0 saturated carbocycles. The van der Waals surface area contributed by atoms with Crippen LogP contribution >= 0.6 is 15.9 Å². The van der Waals surface area contributed by atoms with E-state index in [4.69, 9.17) is 0 Å². The Morgan fingerprint density at radius 3 is 2.52 bits per heavy atom. The summed E-state index contributed by atoms with van der Waals surface area (Å²) in [6, 6.07) is 19.0. The van der Waals surface area contributed by atoms with Crippen LogP contribution in [0.25, 0.3) is 0 Å². The van der Waals surface area contributed by atoms with Crippen molar-refractivity contribution in [2.45, 2.75) is 6.92 Å². The zero-order valence-corrected chi connectivity index (χ0v) is 15.5. The monoisotopic (exact) mass is 396 g/mol. The zero-order valence-electron chi connectivity index (χ0n) is 13.9. The molecule has 0 radical (unpaired) electrons. The van der Waals surface area contributed by atoms with E-state index in [1.165, 1.54) is 0 Å². The van der Waals surface area contributed by atoms with Gasteiger partial charge in [-0.2, -0.15) is 0 Å². The SMILES string of the molecule is Cc1nc(C(=O)Nc2cccc(Br)c2)cc(N(C)c2ccccc2)n1. The van der Waals surface area contributed by atoms with Crippen LogP contribution in [0.4, 0.5) is 17.2 Å². The summed E-state index contributed by atoms with van der Waals surface area (Å²) in [5.74, 6) is 0.934. The normalized spacial score (nSPS) is 10.4. The van der Waals surface area contributed by atoms with Gasteiger partial charge in [-0.05, 0) is 37.3 Å². The molecule has 6 heteroatoms. The largest absolute Gasteiger partial charge is 0.329 e. The molecule has 0 aliphatic carbocycles. The molecule has 1 N–H and O–H groups in total. The molecule has 0 aliphatic rings. The molecular weight excluding hydrogens is 380 g/mol. The lowest BCUT2D eigenvalue weighted by molar-refractivity contribution is 0.102. The molecule has 3 rings (SSSR count). The number of para-hydroxylation sites is 1. The molecule has 25 heavy (non-hydrogen) atoms. The Hall–Kier alpha value is -2.73. The minimum Gasteiger partial charge on any atom is -0.329 e. The Balaban J connectivity index is 1.87. The number of amides is 1. The van der Waals surface area contributed by atoms with Crippen molar-refractivity contribution in [3.8, 4) is 0 Å². The quantitative estimate of drug-likeness (QED) is 0.701. The molecule has 5 nitrogen and oxygen atoms in total. The first-order valence-electron chi connectivity index (χ1n) is 7.74. The van der Waals surface area contributed by atoms with Crippen molar-refractivity contribution in [3.63, 3.8) is 0 Å². The molecule has 1 aromatic heterocycles. The Kier molecular flexibility index (Phi) is 5.09. The first-order chi connectivity index (χ1) is 12.0. The van der Waals surface area contributed by atoms with Crippen LogP contribution in [-0.4, -0.2) is 22.9 Å². The second-order valence-electron chi connectivity index (χ2n) is 5.52. The summed E-state index contributed by atoms with van der Waals surface area (Å²) in [6.45, 7) is 1.78. The van der Waals surface area contributed by atoms with E-state index < -0.39 is 0 Å². The molecule has 2 aromatic carbocycles. The van der Waals surface area contributed by atoms with Crippen LogP contribution in [0.1, 0.15) is 16.3 Å². The summed E-state index contributed by atoms with van der Waals surface area (Å²) in [7, 11) is 1.91. The number of aryl methyl sites for hydroxylation is 1. The number of hydrogen-bond acceptors (Lipinski definition) is 4. The molecule has 126 valence electrons. The van der Waals surface area contributed by atoms with Gasteiger partial charge in [0, 0.05) is 29.0 Å². The lowest BCUT2D eigenvalue weighted by atomic mass is 10.2. The van der Waals surface area contributed by atoms with Gasteiger partial charge in [-0.15, -0.1) is 0 Å². The lowest BCUT2D eigenvalue weighted by Crippen LogP contribution is -2.18. The number of halogens is 1. The van der Waals surface area contributed by atoms with Gasteiger partial charge in [0.05, 0.1) is 0 Å². The molecule has 0 atom stereocenters. The smallest absolute Gasteiger partial charge is 0.274 e. The molecule has 0 fully saturated rings. The number of carbonyl (C=O) groups is 1. The number of aromatic nitrogens is 2. The van der Waals surface area contributed by atoms with Gasteiger partial charge in [-0.1, -0.05) is 40.2 Å². The molecule has 0 unspecified atom stereocenters. The molecule has 0 spiro atoms. The van der Waals surface area contributed by atoms with Crippen LogP contribution < -0.4 is 10.2 Å². The van der Waals surface area contributed by atoms with Crippen molar-refractivity contribution < 1.29 is 4.79 Å². The maximum absolute atomic E-state index is 12.6. The van der Waals surface area contributed by atoms with Crippen molar-refractivity contribution in [1.82, 2.24) is 9.97 Å². The fourth-order valence-corrected chi connectivity index (χ4v) is 2.78. The van der Waals surface area contributed by atoms with Crippen LogP contribution in [0.3, 0.4) is 0 Å². The summed E-state index contributed by atoms with van der Waals surface area (Å²) in [5.41, 5.74) is 2.01. The van der Waals surface area contributed by atoms with Crippen molar-refractivity contribution in [2.75, 3.05) is 17.3 Å². The fraction of sp³-hybridized carbons (Fsp3) is 0.105. The summed E-state index contributed by atoms with van der Waals surface area (Å²) in [4.78, 5) is 23.2. The Labute approximate surface area is 154 Å². The van der Waals surface area contributed by atoms with E-state index in [1.807, 2.05) is 66.5 Å².